The van der Waals surface area contributed by atoms with Crippen molar-refractivity contribution in [3.63, 3.8) is 0 Å². The van der Waals surface area contributed by atoms with Crippen molar-refractivity contribution in [1.29, 1.82) is 0 Å². The first kappa shape index (κ1) is 13.0. The lowest BCUT2D eigenvalue weighted by molar-refractivity contribution is 0.157. The molecule has 2 nitrogen and oxygen atoms in total. The summed E-state index contributed by atoms with van der Waals surface area (Å²) in [5, 5.41) is 7.08. The Morgan fingerprint density at radius 2 is 1.80 bits per heavy atom. The molecule has 0 saturated heterocycles. The summed E-state index contributed by atoms with van der Waals surface area (Å²) in [6.07, 6.45) is 5.50. The minimum Gasteiger partial charge on any atom is -0.316 e. The molecule has 0 bridgehead atoms. The van der Waals surface area contributed by atoms with Gasteiger partial charge in [0.25, 0.3) is 0 Å². The lowest BCUT2D eigenvalue weighted by Crippen LogP contribution is -2.40. The van der Waals surface area contributed by atoms with Gasteiger partial charge in [-0.3, -0.25) is 0 Å². The molecule has 1 saturated carbocycles. The molecule has 0 unspecified atom stereocenters. The first-order valence-corrected chi connectivity index (χ1v) is 6.37. The summed E-state index contributed by atoms with van der Waals surface area (Å²) in [5.74, 6) is 0. The van der Waals surface area contributed by atoms with Gasteiger partial charge in [-0.1, -0.05) is 13.3 Å². The summed E-state index contributed by atoms with van der Waals surface area (Å²) in [7, 11) is 0. The van der Waals surface area contributed by atoms with Gasteiger partial charge in [-0.15, -0.1) is 0 Å². The van der Waals surface area contributed by atoms with Crippen molar-refractivity contribution < 1.29 is 0 Å². The fraction of sp³-hybridized carbons (Fsp3) is 1.00. The van der Waals surface area contributed by atoms with E-state index in [9.17, 15) is 0 Å². The van der Waals surface area contributed by atoms with Gasteiger partial charge >= 0.3 is 0 Å². The molecule has 15 heavy (non-hydrogen) atoms. The molecule has 0 atom stereocenters. The topological polar surface area (TPSA) is 24.1 Å². The molecule has 1 aliphatic rings. The second-order valence-electron chi connectivity index (χ2n) is 6.37. The Balaban J connectivity index is 1.89. The van der Waals surface area contributed by atoms with Crippen LogP contribution in [0, 0.1) is 5.41 Å². The zero-order chi connectivity index (χ0) is 11.4. The Morgan fingerprint density at radius 3 is 2.27 bits per heavy atom. The molecule has 0 amide bonds. The molecule has 0 radical (unpaired) electrons. The second-order valence-corrected chi connectivity index (χ2v) is 6.37. The lowest BCUT2D eigenvalue weighted by Gasteiger charge is -2.38. The Morgan fingerprint density at radius 1 is 1.13 bits per heavy atom. The van der Waals surface area contributed by atoms with Gasteiger partial charge in [0, 0.05) is 12.1 Å². The average Bonchev–Trinajstić information content (AvgIpc) is 2.06. The summed E-state index contributed by atoms with van der Waals surface area (Å²) in [5.41, 5.74) is 0.886. The molecular formula is C13H28N2. The summed E-state index contributed by atoms with van der Waals surface area (Å²) in [6, 6.07) is 0. The van der Waals surface area contributed by atoms with E-state index in [-0.39, 0.29) is 5.54 Å². The highest BCUT2D eigenvalue weighted by atomic mass is 15.0. The van der Waals surface area contributed by atoms with Gasteiger partial charge < -0.3 is 10.6 Å². The standard InChI is InChI=1S/C13H28N2/c1-12(2,3)15-10-6-9-14-11-13(4)7-5-8-13/h14-15H,5-11H2,1-4H3. The number of hydrogen-bond donors (Lipinski definition) is 2. The molecule has 2 heteroatoms. The highest BCUT2D eigenvalue weighted by Gasteiger charge is 2.30. The van der Waals surface area contributed by atoms with Crippen molar-refractivity contribution in [1.82, 2.24) is 10.6 Å². The number of hydrogen-bond acceptors (Lipinski definition) is 2. The van der Waals surface area contributed by atoms with E-state index in [2.05, 4.69) is 38.3 Å². The number of nitrogens with one attached hydrogen (secondary N) is 2. The molecular weight excluding hydrogens is 184 g/mol. The van der Waals surface area contributed by atoms with Crippen molar-refractivity contribution in [3.8, 4) is 0 Å². The van der Waals surface area contributed by atoms with E-state index in [4.69, 9.17) is 0 Å². The first-order valence-electron chi connectivity index (χ1n) is 6.37. The number of rotatable bonds is 6. The van der Waals surface area contributed by atoms with E-state index in [0.29, 0.717) is 5.41 Å². The first-order chi connectivity index (χ1) is 6.91. The SMILES string of the molecule is CC1(CNCCCNC(C)(C)C)CCC1. The predicted octanol–water partition coefficient (Wildman–Crippen LogP) is 2.54. The third kappa shape index (κ3) is 5.53. The quantitative estimate of drug-likeness (QED) is 0.661. The maximum atomic E-state index is 3.57. The molecule has 1 aliphatic carbocycles. The van der Waals surface area contributed by atoms with Crippen molar-refractivity contribution in [3.05, 3.63) is 0 Å². The van der Waals surface area contributed by atoms with Crippen LogP contribution in [0.15, 0.2) is 0 Å². The van der Waals surface area contributed by atoms with Gasteiger partial charge in [-0.05, 0) is 58.5 Å². The van der Waals surface area contributed by atoms with Gasteiger partial charge in [0.1, 0.15) is 0 Å². The van der Waals surface area contributed by atoms with Gasteiger partial charge in [0.15, 0.2) is 0 Å². The van der Waals surface area contributed by atoms with Crippen LogP contribution in [0.5, 0.6) is 0 Å². The minimum absolute atomic E-state index is 0.264. The minimum atomic E-state index is 0.264. The van der Waals surface area contributed by atoms with Crippen LogP contribution < -0.4 is 10.6 Å². The molecule has 1 fully saturated rings. The van der Waals surface area contributed by atoms with Crippen LogP contribution in [0.25, 0.3) is 0 Å². The van der Waals surface area contributed by atoms with Crippen LogP contribution in [-0.4, -0.2) is 25.2 Å². The Bertz CT molecular complexity index is 177. The van der Waals surface area contributed by atoms with Crippen molar-refractivity contribution >= 4 is 0 Å². The van der Waals surface area contributed by atoms with E-state index in [1.54, 1.807) is 0 Å². The Kier molecular flexibility index (Phi) is 4.60. The molecule has 0 aromatic rings. The molecule has 1 rings (SSSR count). The molecule has 90 valence electrons. The predicted molar refractivity (Wildman–Crippen MR) is 67.2 cm³/mol. The van der Waals surface area contributed by atoms with Crippen molar-refractivity contribution in [2.75, 3.05) is 19.6 Å². The van der Waals surface area contributed by atoms with Crippen LogP contribution in [0.4, 0.5) is 0 Å². The smallest absolute Gasteiger partial charge is 0.00965 e. The summed E-state index contributed by atoms with van der Waals surface area (Å²) in [6.45, 7) is 12.5. The highest BCUT2D eigenvalue weighted by molar-refractivity contribution is 4.85. The largest absolute Gasteiger partial charge is 0.316 e. The normalized spacial score (nSPS) is 20.0. The average molecular weight is 212 g/mol. The molecule has 2 N–H and O–H groups in total. The van der Waals surface area contributed by atoms with E-state index >= 15 is 0 Å². The van der Waals surface area contributed by atoms with Crippen molar-refractivity contribution in [2.24, 2.45) is 5.41 Å². The molecule has 0 aromatic heterocycles. The summed E-state index contributed by atoms with van der Waals surface area (Å²) in [4.78, 5) is 0. The van der Waals surface area contributed by atoms with E-state index in [1.807, 2.05) is 0 Å². The maximum absolute atomic E-state index is 3.57. The van der Waals surface area contributed by atoms with Crippen molar-refractivity contribution in [2.45, 2.75) is 58.9 Å². The third-order valence-corrected chi connectivity index (χ3v) is 3.30. The monoisotopic (exact) mass is 212 g/mol. The zero-order valence-electron chi connectivity index (χ0n) is 10.9. The third-order valence-electron chi connectivity index (χ3n) is 3.30. The molecule has 0 spiro atoms. The van der Waals surface area contributed by atoms with Crippen LogP contribution >= 0.6 is 0 Å². The van der Waals surface area contributed by atoms with Gasteiger partial charge in [-0.25, -0.2) is 0 Å². The summed E-state index contributed by atoms with van der Waals surface area (Å²) < 4.78 is 0. The van der Waals surface area contributed by atoms with Gasteiger partial charge in [0.2, 0.25) is 0 Å². The van der Waals surface area contributed by atoms with Crippen LogP contribution in [0.3, 0.4) is 0 Å². The lowest BCUT2D eigenvalue weighted by atomic mass is 9.70. The van der Waals surface area contributed by atoms with E-state index in [1.165, 1.54) is 32.2 Å². The second kappa shape index (κ2) is 5.31. The summed E-state index contributed by atoms with van der Waals surface area (Å²) >= 11 is 0. The maximum Gasteiger partial charge on any atom is 0.00965 e. The Labute approximate surface area is 95.2 Å². The molecule has 0 aliphatic heterocycles. The van der Waals surface area contributed by atoms with Crippen LogP contribution in [0.2, 0.25) is 0 Å². The van der Waals surface area contributed by atoms with E-state index in [0.717, 1.165) is 13.1 Å². The van der Waals surface area contributed by atoms with Gasteiger partial charge in [0.05, 0.1) is 0 Å². The zero-order valence-corrected chi connectivity index (χ0v) is 10.9. The van der Waals surface area contributed by atoms with E-state index < -0.39 is 0 Å². The fourth-order valence-electron chi connectivity index (χ4n) is 2.02. The Hall–Kier alpha value is -0.0800. The highest BCUT2D eigenvalue weighted by Crippen LogP contribution is 2.39. The molecule has 0 aromatic carbocycles. The van der Waals surface area contributed by atoms with Crippen LogP contribution in [0.1, 0.15) is 53.4 Å². The van der Waals surface area contributed by atoms with Crippen LogP contribution in [-0.2, 0) is 0 Å². The fourth-order valence-corrected chi connectivity index (χ4v) is 2.02. The molecule has 0 heterocycles. The van der Waals surface area contributed by atoms with Gasteiger partial charge in [-0.2, -0.15) is 0 Å².